The van der Waals surface area contributed by atoms with Crippen molar-refractivity contribution < 1.29 is 23.5 Å². The van der Waals surface area contributed by atoms with E-state index in [1.165, 1.54) is 19.1 Å². The van der Waals surface area contributed by atoms with Crippen molar-refractivity contribution in [1.29, 1.82) is 0 Å². The number of halogens is 2. The lowest BCUT2D eigenvalue weighted by molar-refractivity contribution is -0.136. The van der Waals surface area contributed by atoms with Crippen molar-refractivity contribution in [3.63, 3.8) is 0 Å². The summed E-state index contributed by atoms with van der Waals surface area (Å²) in [4.78, 5) is 36.3. The zero-order valence-corrected chi connectivity index (χ0v) is 12.6. The highest BCUT2D eigenvalue weighted by Crippen LogP contribution is 2.19. The number of amides is 3. The van der Waals surface area contributed by atoms with E-state index < -0.39 is 29.8 Å². The summed E-state index contributed by atoms with van der Waals surface area (Å²) in [5.41, 5.74) is -0.0273. The highest BCUT2D eigenvalue weighted by Gasteiger charge is 2.32. The first-order valence-electron chi connectivity index (χ1n) is 6.15. The summed E-state index contributed by atoms with van der Waals surface area (Å²) in [6, 6.07) is 3.04. The van der Waals surface area contributed by atoms with Crippen LogP contribution in [0.1, 0.15) is 17.3 Å². The Balaban J connectivity index is 2.06. The molecule has 1 aliphatic rings. The summed E-state index contributed by atoms with van der Waals surface area (Å²) in [6.45, 7) is 1.95. The van der Waals surface area contributed by atoms with Gasteiger partial charge in [0, 0.05) is 17.6 Å². The van der Waals surface area contributed by atoms with Gasteiger partial charge < -0.3 is 10.1 Å². The SMILES string of the molecule is C[C@H](OC(=O)c1cc(F)ccc1Br)C(=O)N1CCNC1=O. The molecule has 6 nitrogen and oxygen atoms in total. The quantitative estimate of drug-likeness (QED) is 0.834. The van der Waals surface area contributed by atoms with Gasteiger partial charge >= 0.3 is 12.0 Å². The van der Waals surface area contributed by atoms with Crippen LogP contribution in [0.25, 0.3) is 0 Å². The predicted molar refractivity (Wildman–Crippen MR) is 74.1 cm³/mol. The molecule has 1 aliphatic heterocycles. The summed E-state index contributed by atoms with van der Waals surface area (Å²) < 4.78 is 18.5. The van der Waals surface area contributed by atoms with Gasteiger partial charge in [0.2, 0.25) is 0 Å². The Morgan fingerprint density at radius 3 is 2.81 bits per heavy atom. The van der Waals surface area contributed by atoms with Crippen LogP contribution in [0.5, 0.6) is 0 Å². The van der Waals surface area contributed by atoms with Crippen molar-refractivity contribution >= 4 is 33.8 Å². The Bertz CT molecular complexity index is 608. The summed E-state index contributed by atoms with van der Waals surface area (Å²) in [5, 5.41) is 2.48. The normalized spacial score (nSPS) is 15.6. The number of nitrogens with one attached hydrogen (secondary N) is 1. The number of urea groups is 1. The van der Waals surface area contributed by atoms with Crippen LogP contribution in [0.2, 0.25) is 0 Å². The maximum Gasteiger partial charge on any atom is 0.340 e. The van der Waals surface area contributed by atoms with Crippen LogP contribution in [-0.2, 0) is 9.53 Å². The number of carbonyl (C=O) groups is 3. The van der Waals surface area contributed by atoms with Crippen LogP contribution in [0.4, 0.5) is 9.18 Å². The van der Waals surface area contributed by atoms with E-state index in [0.29, 0.717) is 11.0 Å². The third-order valence-electron chi connectivity index (χ3n) is 2.90. The molecular formula is C13H12BrFN2O4. The minimum atomic E-state index is -1.14. The summed E-state index contributed by atoms with van der Waals surface area (Å²) in [7, 11) is 0. The molecule has 21 heavy (non-hydrogen) atoms. The van der Waals surface area contributed by atoms with E-state index in [4.69, 9.17) is 4.74 Å². The van der Waals surface area contributed by atoms with Gasteiger partial charge in [0.05, 0.1) is 5.56 Å². The smallest absolute Gasteiger partial charge is 0.340 e. The zero-order chi connectivity index (χ0) is 15.6. The van der Waals surface area contributed by atoms with E-state index in [0.717, 1.165) is 11.0 Å². The summed E-state index contributed by atoms with van der Waals surface area (Å²) >= 11 is 3.11. The molecule has 0 aromatic heterocycles. The fourth-order valence-corrected chi connectivity index (χ4v) is 2.24. The van der Waals surface area contributed by atoms with Crippen LogP contribution in [0.15, 0.2) is 22.7 Å². The molecular weight excluding hydrogens is 347 g/mol. The van der Waals surface area contributed by atoms with Crippen LogP contribution in [0.3, 0.4) is 0 Å². The molecule has 0 radical (unpaired) electrons. The van der Waals surface area contributed by atoms with E-state index in [1.54, 1.807) is 0 Å². The van der Waals surface area contributed by atoms with Gasteiger partial charge in [0.1, 0.15) is 5.82 Å². The second kappa shape index (κ2) is 6.21. The Kier molecular flexibility index (Phi) is 4.56. The van der Waals surface area contributed by atoms with Crippen molar-refractivity contribution in [2.45, 2.75) is 13.0 Å². The van der Waals surface area contributed by atoms with Gasteiger partial charge in [-0.05, 0) is 41.1 Å². The number of nitrogens with zero attached hydrogens (tertiary/aromatic N) is 1. The van der Waals surface area contributed by atoms with Gasteiger partial charge in [-0.15, -0.1) is 0 Å². The molecule has 112 valence electrons. The summed E-state index contributed by atoms with van der Waals surface area (Å²) in [5.74, 6) is -2.06. The van der Waals surface area contributed by atoms with E-state index in [9.17, 15) is 18.8 Å². The maximum absolute atomic E-state index is 13.1. The Morgan fingerprint density at radius 1 is 1.48 bits per heavy atom. The second-order valence-electron chi connectivity index (χ2n) is 4.39. The second-order valence-corrected chi connectivity index (χ2v) is 5.25. The lowest BCUT2D eigenvalue weighted by atomic mass is 10.2. The molecule has 1 aromatic carbocycles. The van der Waals surface area contributed by atoms with Crippen LogP contribution >= 0.6 is 15.9 Å². The largest absolute Gasteiger partial charge is 0.449 e. The van der Waals surface area contributed by atoms with Crippen LogP contribution in [0, 0.1) is 5.82 Å². The van der Waals surface area contributed by atoms with Crippen molar-refractivity contribution in [1.82, 2.24) is 10.2 Å². The van der Waals surface area contributed by atoms with Crippen LogP contribution < -0.4 is 5.32 Å². The first kappa shape index (κ1) is 15.4. The molecule has 0 bridgehead atoms. The molecule has 1 atom stereocenters. The van der Waals surface area contributed by atoms with Gasteiger partial charge in [0.15, 0.2) is 6.10 Å². The Labute approximate surface area is 128 Å². The fourth-order valence-electron chi connectivity index (χ4n) is 1.83. The molecule has 0 aliphatic carbocycles. The van der Waals surface area contributed by atoms with Crippen LogP contribution in [-0.4, -0.2) is 42.0 Å². The third-order valence-corrected chi connectivity index (χ3v) is 3.59. The maximum atomic E-state index is 13.1. The Hall–Kier alpha value is -1.96. The molecule has 3 amide bonds. The number of carbonyl (C=O) groups excluding carboxylic acids is 3. The molecule has 1 saturated heterocycles. The highest BCUT2D eigenvalue weighted by atomic mass is 79.9. The molecule has 1 heterocycles. The van der Waals surface area contributed by atoms with E-state index in [1.807, 2.05) is 0 Å². The first-order chi connectivity index (χ1) is 9.90. The van der Waals surface area contributed by atoms with E-state index in [-0.39, 0.29) is 12.1 Å². The number of benzene rings is 1. The monoisotopic (exact) mass is 358 g/mol. The van der Waals surface area contributed by atoms with Crippen molar-refractivity contribution in [2.75, 3.05) is 13.1 Å². The fraction of sp³-hybridized carbons (Fsp3) is 0.308. The lowest BCUT2D eigenvalue weighted by Crippen LogP contribution is -2.41. The number of rotatable bonds is 3. The standard InChI is InChI=1S/C13H12BrFN2O4/c1-7(11(18)17-5-4-16-13(17)20)21-12(19)9-6-8(15)2-3-10(9)14/h2-3,6-7H,4-5H2,1H3,(H,16,20)/t7-/m0/s1. The molecule has 0 saturated carbocycles. The van der Waals surface area contributed by atoms with Gasteiger partial charge in [-0.25, -0.2) is 14.0 Å². The van der Waals surface area contributed by atoms with Gasteiger partial charge in [-0.2, -0.15) is 0 Å². The minimum Gasteiger partial charge on any atom is -0.449 e. The number of esters is 1. The number of ether oxygens (including phenoxy) is 1. The average molecular weight is 359 g/mol. The molecule has 0 spiro atoms. The average Bonchev–Trinajstić information content (AvgIpc) is 2.86. The molecule has 2 rings (SSSR count). The zero-order valence-electron chi connectivity index (χ0n) is 11.1. The van der Waals surface area contributed by atoms with Gasteiger partial charge in [-0.3, -0.25) is 9.69 Å². The van der Waals surface area contributed by atoms with Gasteiger partial charge in [-0.1, -0.05) is 0 Å². The van der Waals surface area contributed by atoms with E-state index in [2.05, 4.69) is 21.2 Å². The van der Waals surface area contributed by atoms with Crippen molar-refractivity contribution in [3.8, 4) is 0 Å². The third kappa shape index (κ3) is 3.38. The minimum absolute atomic E-state index is 0.0273. The highest BCUT2D eigenvalue weighted by molar-refractivity contribution is 9.10. The van der Waals surface area contributed by atoms with Gasteiger partial charge in [0.25, 0.3) is 5.91 Å². The van der Waals surface area contributed by atoms with E-state index >= 15 is 0 Å². The molecule has 1 aromatic rings. The first-order valence-corrected chi connectivity index (χ1v) is 6.94. The molecule has 1 fully saturated rings. The summed E-state index contributed by atoms with van der Waals surface area (Å²) in [6.07, 6.45) is -1.14. The van der Waals surface area contributed by atoms with Crippen molar-refractivity contribution in [2.24, 2.45) is 0 Å². The number of hydrogen-bond donors (Lipinski definition) is 1. The number of imide groups is 1. The topological polar surface area (TPSA) is 75.7 Å². The molecule has 1 N–H and O–H groups in total. The predicted octanol–water partition coefficient (Wildman–Crippen LogP) is 1.69. The lowest BCUT2D eigenvalue weighted by Gasteiger charge is -2.18. The van der Waals surface area contributed by atoms with Crippen molar-refractivity contribution in [3.05, 3.63) is 34.1 Å². The molecule has 0 unspecified atom stereocenters. The Morgan fingerprint density at radius 2 is 2.19 bits per heavy atom. The molecule has 8 heteroatoms. The number of hydrogen-bond acceptors (Lipinski definition) is 4.